The first-order valence-electron chi connectivity index (χ1n) is 8.55. The van der Waals surface area contributed by atoms with Crippen LogP contribution in [0.5, 0.6) is 0 Å². The summed E-state index contributed by atoms with van der Waals surface area (Å²) in [5.41, 5.74) is 3.19. The average Bonchev–Trinajstić information content (AvgIpc) is 2.90. The molecule has 0 saturated carbocycles. The summed E-state index contributed by atoms with van der Waals surface area (Å²) in [6, 6.07) is 20.8. The molecule has 0 aliphatic rings. The van der Waals surface area contributed by atoms with Crippen molar-refractivity contribution in [3.8, 4) is 0 Å². The molecule has 25 heavy (non-hydrogen) atoms. The second kappa shape index (κ2) is 6.98. The standard InChI is InChI=1S/C22H24N2O/c1-22(2,3)23-21(25)14-13-19-15-18-11-7-8-12-20(18)24(19)16-17-9-5-4-6-10-17/h4-15H,16H2,1-3H3,(H,23,25)/b14-13+. The van der Waals surface area contributed by atoms with Crippen molar-refractivity contribution < 1.29 is 4.79 Å². The number of benzene rings is 2. The maximum Gasteiger partial charge on any atom is 0.244 e. The van der Waals surface area contributed by atoms with Gasteiger partial charge in [-0.25, -0.2) is 0 Å². The second-order valence-electron chi connectivity index (χ2n) is 7.27. The highest BCUT2D eigenvalue weighted by Crippen LogP contribution is 2.22. The van der Waals surface area contributed by atoms with Gasteiger partial charge in [0.15, 0.2) is 0 Å². The smallest absolute Gasteiger partial charge is 0.244 e. The van der Waals surface area contributed by atoms with Crippen molar-refractivity contribution in [3.63, 3.8) is 0 Å². The van der Waals surface area contributed by atoms with Crippen molar-refractivity contribution in [1.29, 1.82) is 0 Å². The van der Waals surface area contributed by atoms with Crippen LogP contribution in [0.1, 0.15) is 32.0 Å². The summed E-state index contributed by atoms with van der Waals surface area (Å²) < 4.78 is 2.24. The maximum absolute atomic E-state index is 12.1. The molecule has 3 heteroatoms. The SMILES string of the molecule is CC(C)(C)NC(=O)/C=C/c1cc2ccccc2n1Cc1ccccc1. The third kappa shape index (κ3) is 4.38. The van der Waals surface area contributed by atoms with E-state index >= 15 is 0 Å². The highest BCUT2D eigenvalue weighted by molar-refractivity contribution is 5.93. The molecule has 3 rings (SSSR count). The summed E-state index contributed by atoms with van der Waals surface area (Å²) in [5.74, 6) is -0.0796. The lowest BCUT2D eigenvalue weighted by atomic mass is 10.1. The van der Waals surface area contributed by atoms with Gasteiger partial charge in [-0.15, -0.1) is 0 Å². The van der Waals surface area contributed by atoms with E-state index in [2.05, 4.69) is 40.2 Å². The van der Waals surface area contributed by atoms with E-state index in [-0.39, 0.29) is 11.4 Å². The number of hydrogen-bond acceptors (Lipinski definition) is 1. The molecule has 0 unspecified atom stereocenters. The molecule has 3 nitrogen and oxygen atoms in total. The molecular formula is C22H24N2O. The Bertz CT molecular complexity index is 899. The molecular weight excluding hydrogens is 308 g/mol. The van der Waals surface area contributed by atoms with Crippen LogP contribution in [0.3, 0.4) is 0 Å². The number of nitrogens with zero attached hydrogens (tertiary/aromatic N) is 1. The number of carbonyl (C=O) groups is 1. The van der Waals surface area contributed by atoms with Crippen molar-refractivity contribution in [3.05, 3.63) is 78.0 Å². The van der Waals surface area contributed by atoms with Crippen LogP contribution in [0.25, 0.3) is 17.0 Å². The lowest BCUT2D eigenvalue weighted by Crippen LogP contribution is -2.39. The summed E-state index contributed by atoms with van der Waals surface area (Å²) >= 11 is 0. The van der Waals surface area contributed by atoms with Crippen molar-refractivity contribution in [1.82, 2.24) is 9.88 Å². The number of aromatic nitrogens is 1. The monoisotopic (exact) mass is 332 g/mol. The van der Waals surface area contributed by atoms with Crippen molar-refractivity contribution in [2.24, 2.45) is 0 Å². The van der Waals surface area contributed by atoms with Gasteiger partial charge in [0.05, 0.1) is 0 Å². The second-order valence-corrected chi connectivity index (χ2v) is 7.27. The molecule has 1 heterocycles. The van der Waals surface area contributed by atoms with Gasteiger partial charge < -0.3 is 9.88 Å². The first-order valence-corrected chi connectivity index (χ1v) is 8.55. The Morgan fingerprint density at radius 1 is 1.04 bits per heavy atom. The van der Waals surface area contributed by atoms with Gasteiger partial charge in [0.25, 0.3) is 0 Å². The lowest BCUT2D eigenvalue weighted by Gasteiger charge is -2.19. The Hall–Kier alpha value is -2.81. The van der Waals surface area contributed by atoms with E-state index in [0.717, 1.165) is 12.2 Å². The molecule has 0 fully saturated rings. The predicted molar refractivity (Wildman–Crippen MR) is 104 cm³/mol. The molecule has 128 valence electrons. The molecule has 0 spiro atoms. The van der Waals surface area contributed by atoms with E-state index in [9.17, 15) is 4.79 Å². The van der Waals surface area contributed by atoms with E-state index in [1.165, 1.54) is 16.5 Å². The largest absolute Gasteiger partial charge is 0.348 e. The number of para-hydroxylation sites is 1. The Morgan fingerprint density at radius 2 is 1.72 bits per heavy atom. The normalized spacial score (nSPS) is 12.0. The first kappa shape index (κ1) is 17.0. The molecule has 1 N–H and O–H groups in total. The highest BCUT2D eigenvalue weighted by atomic mass is 16.1. The Morgan fingerprint density at radius 3 is 2.44 bits per heavy atom. The molecule has 1 amide bonds. The molecule has 0 atom stereocenters. The highest BCUT2D eigenvalue weighted by Gasteiger charge is 2.12. The van der Waals surface area contributed by atoms with E-state index < -0.39 is 0 Å². The van der Waals surface area contributed by atoms with Crippen LogP contribution in [-0.2, 0) is 11.3 Å². The maximum atomic E-state index is 12.1. The van der Waals surface area contributed by atoms with E-state index in [1.54, 1.807) is 6.08 Å². The van der Waals surface area contributed by atoms with Gasteiger partial charge in [-0.05, 0) is 44.5 Å². The van der Waals surface area contributed by atoms with Gasteiger partial charge in [0.1, 0.15) is 0 Å². The third-order valence-electron chi connectivity index (χ3n) is 3.93. The van der Waals surface area contributed by atoms with Crippen molar-refractivity contribution in [2.45, 2.75) is 32.9 Å². The molecule has 2 aromatic carbocycles. The molecule has 0 bridgehead atoms. The summed E-state index contributed by atoms with van der Waals surface area (Å²) in [6.45, 7) is 6.70. The number of carbonyl (C=O) groups excluding carboxylic acids is 1. The van der Waals surface area contributed by atoms with Crippen LogP contribution in [-0.4, -0.2) is 16.0 Å². The molecule has 0 saturated heterocycles. The zero-order valence-corrected chi connectivity index (χ0v) is 15.0. The third-order valence-corrected chi connectivity index (χ3v) is 3.93. The number of amides is 1. The summed E-state index contributed by atoms with van der Waals surface area (Å²) in [7, 11) is 0. The molecule has 1 aromatic heterocycles. The zero-order chi connectivity index (χ0) is 17.9. The summed E-state index contributed by atoms with van der Waals surface area (Å²) in [6.07, 6.45) is 3.50. The van der Waals surface area contributed by atoms with Crippen LogP contribution in [0.15, 0.2) is 66.7 Å². The van der Waals surface area contributed by atoms with Crippen molar-refractivity contribution in [2.75, 3.05) is 0 Å². The van der Waals surface area contributed by atoms with E-state index in [4.69, 9.17) is 0 Å². The molecule has 0 radical (unpaired) electrons. The van der Waals surface area contributed by atoms with Gasteiger partial charge in [-0.3, -0.25) is 4.79 Å². The van der Waals surface area contributed by atoms with E-state index in [1.807, 2.05) is 57.2 Å². The minimum absolute atomic E-state index is 0.0796. The summed E-state index contributed by atoms with van der Waals surface area (Å²) in [5, 5.41) is 4.13. The molecule has 3 aromatic rings. The van der Waals surface area contributed by atoms with Crippen LogP contribution >= 0.6 is 0 Å². The number of hydrogen-bond donors (Lipinski definition) is 1. The summed E-state index contributed by atoms with van der Waals surface area (Å²) in [4.78, 5) is 12.1. The lowest BCUT2D eigenvalue weighted by molar-refractivity contribution is -0.117. The Balaban J connectivity index is 1.94. The number of rotatable bonds is 4. The predicted octanol–water partition coefficient (Wildman–Crippen LogP) is 4.62. The number of fused-ring (bicyclic) bond motifs is 1. The van der Waals surface area contributed by atoms with Gasteiger partial charge >= 0.3 is 0 Å². The fourth-order valence-electron chi connectivity index (χ4n) is 2.88. The molecule has 0 aliphatic heterocycles. The fourth-order valence-corrected chi connectivity index (χ4v) is 2.88. The minimum Gasteiger partial charge on any atom is -0.348 e. The molecule has 0 aliphatic carbocycles. The van der Waals surface area contributed by atoms with Gasteiger partial charge in [0, 0.05) is 34.8 Å². The topological polar surface area (TPSA) is 34.0 Å². The van der Waals surface area contributed by atoms with Crippen LogP contribution in [0, 0.1) is 0 Å². The van der Waals surface area contributed by atoms with Gasteiger partial charge in [-0.2, -0.15) is 0 Å². The van der Waals surface area contributed by atoms with Crippen LogP contribution in [0.4, 0.5) is 0 Å². The van der Waals surface area contributed by atoms with E-state index in [0.29, 0.717) is 0 Å². The quantitative estimate of drug-likeness (QED) is 0.695. The minimum atomic E-state index is -0.238. The zero-order valence-electron chi connectivity index (χ0n) is 15.0. The fraction of sp³-hybridized carbons (Fsp3) is 0.227. The van der Waals surface area contributed by atoms with Gasteiger partial charge in [-0.1, -0.05) is 48.5 Å². The van der Waals surface area contributed by atoms with Gasteiger partial charge in [0.2, 0.25) is 5.91 Å². The van der Waals surface area contributed by atoms with Crippen LogP contribution in [0.2, 0.25) is 0 Å². The Labute approximate surface area is 149 Å². The van der Waals surface area contributed by atoms with Crippen molar-refractivity contribution >= 4 is 22.9 Å². The first-order chi connectivity index (χ1) is 11.9. The average molecular weight is 332 g/mol. The Kier molecular flexibility index (Phi) is 4.75. The van der Waals surface area contributed by atoms with Crippen LogP contribution < -0.4 is 5.32 Å². The number of nitrogens with one attached hydrogen (secondary N) is 1.